The zero-order valence-electron chi connectivity index (χ0n) is 27.1. The standard InChI is InChI=1S/C40H44N2O2/c1-8-14-37(41(7)26-30-15-10-9-11-16-30)33-23-24-38-36(25-33)28(2)29(3)42(38)27-31-19-21-32(22-20-31)34-17-12-13-18-35(34)39(43)44-40(4,5)6/h9-25H,8,26-27H2,1-7H3. The Morgan fingerprint density at radius 1 is 0.864 bits per heavy atom. The quantitative estimate of drug-likeness (QED) is 0.162. The van der Waals surface area contributed by atoms with Crippen LogP contribution in [0.3, 0.4) is 0 Å². The zero-order chi connectivity index (χ0) is 31.4. The van der Waals surface area contributed by atoms with Gasteiger partial charge in [0.05, 0.1) is 5.56 Å². The molecule has 0 radical (unpaired) electrons. The molecule has 5 rings (SSSR count). The fraction of sp³-hybridized carbons (Fsp3) is 0.275. The Labute approximate surface area is 262 Å². The molecule has 0 aliphatic heterocycles. The smallest absolute Gasteiger partial charge is 0.339 e. The van der Waals surface area contributed by atoms with Gasteiger partial charge in [0.2, 0.25) is 0 Å². The number of allylic oxidation sites excluding steroid dienone is 1. The van der Waals surface area contributed by atoms with Crippen LogP contribution in [0.25, 0.3) is 27.7 Å². The Hall–Kier alpha value is -4.57. The maximum absolute atomic E-state index is 12.9. The number of ether oxygens (including phenoxy) is 1. The van der Waals surface area contributed by atoms with Gasteiger partial charge in [0, 0.05) is 42.4 Å². The molecule has 0 amide bonds. The highest BCUT2D eigenvalue weighted by atomic mass is 16.6. The molecule has 4 aromatic carbocycles. The minimum atomic E-state index is -0.545. The molecule has 226 valence electrons. The summed E-state index contributed by atoms with van der Waals surface area (Å²) in [5, 5.41) is 1.29. The van der Waals surface area contributed by atoms with Gasteiger partial charge in [-0.15, -0.1) is 0 Å². The molecular weight excluding hydrogens is 540 g/mol. The van der Waals surface area contributed by atoms with E-state index < -0.39 is 5.60 Å². The van der Waals surface area contributed by atoms with E-state index in [1.54, 1.807) is 0 Å². The molecule has 1 aromatic heterocycles. The van der Waals surface area contributed by atoms with Crippen molar-refractivity contribution in [2.75, 3.05) is 7.05 Å². The summed E-state index contributed by atoms with van der Waals surface area (Å²) in [6, 6.07) is 33.7. The second-order valence-electron chi connectivity index (χ2n) is 12.6. The number of hydrogen-bond donors (Lipinski definition) is 0. The van der Waals surface area contributed by atoms with Crippen molar-refractivity contribution in [3.05, 3.63) is 137 Å². The molecule has 0 bridgehead atoms. The summed E-state index contributed by atoms with van der Waals surface area (Å²) < 4.78 is 8.08. The number of nitrogens with zero attached hydrogens (tertiary/aromatic N) is 2. The lowest BCUT2D eigenvalue weighted by Crippen LogP contribution is -2.24. The third-order valence-electron chi connectivity index (χ3n) is 8.16. The highest BCUT2D eigenvalue weighted by Gasteiger charge is 2.21. The van der Waals surface area contributed by atoms with Crippen LogP contribution in [0.4, 0.5) is 0 Å². The van der Waals surface area contributed by atoms with E-state index in [4.69, 9.17) is 4.74 Å². The number of esters is 1. The maximum atomic E-state index is 12.9. The van der Waals surface area contributed by atoms with E-state index in [0.29, 0.717) is 5.56 Å². The number of rotatable bonds is 9. The number of carbonyl (C=O) groups excluding carboxylic acids is 1. The van der Waals surface area contributed by atoms with E-state index in [1.165, 1.54) is 44.5 Å². The van der Waals surface area contributed by atoms with Gasteiger partial charge in [0.25, 0.3) is 0 Å². The largest absolute Gasteiger partial charge is 0.456 e. The first-order valence-electron chi connectivity index (χ1n) is 15.5. The van der Waals surface area contributed by atoms with Crippen molar-refractivity contribution in [3.8, 4) is 11.1 Å². The van der Waals surface area contributed by atoms with Crippen LogP contribution in [0.2, 0.25) is 0 Å². The molecule has 44 heavy (non-hydrogen) atoms. The van der Waals surface area contributed by atoms with Gasteiger partial charge in [0.1, 0.15) is 5.60 Å². The molecule has 0 spiro atoms. The van der Waals surface area contributed by atoms with Crippen molar-refractivity contribution in [1.29, 1.82) is 0 Å². The number of aryl methyl sites for hydroxylation is 1. The van der Waals surface area contributed by atoms with Gasteiger partial charge in [0.15, 0.2) is 0 Å². The molecule has 0 aliphatic rings. The number of hydrogen-bond acceptors (Lipinski definition) is 3. The normalized spacial score (nSPS) is 12.0. The van der Waals surface area contributed by atoms with E-state index in [1.807, 2.05) is 45.0 Å². The number of aromatic nitrogens is 1. The molecular formula is C40H44N2O2. The van der Waals surface area contributed by atoms with Crippen molar-refractivity contribution in [2.24, 2.45) is 0 Å². The SMILES string of the molecule is CCC=C(c1ccc2c(c1)c(C)c(C)n2Cc1ccc(-c2ccccc2C(=O)OC(C)(C)C)cc1)N(C)Cc1ccccc1. The first-order chi connectivity index (χ1) is 21.1. The fourth-order valence-electron chi connectivity index (χ4n) is 5.86. The molecule has 5 aromatic rings. The van der Waals surface area contributed by atoms with Gasteiger partial charge < -0.3 is 14.2 Å². The van der Waals surface area contributed by atoms with Crippen LogP contribution < -0.4 is 0 Å². The summed E-state index contributed by atoms with van der Waals surface area (Å²) in [7, 11) is 2.18. The Kier molecular flexibility index (Phi) is 9.10. The summed E-state index contributed by atoms with van der Waals surface area (Å²) in [5.74, 6) is -0.301. The van der Waals surface area contributed by atoms with E-state index in [9.17, 15) is 4.79 Å². The summed E-state index contributed by atoms with van der Waals surface area (Å²) >= 11 is 0. The first kappa shape index (κ1) is 30.9. The van der Waals surface area contributed by atoms with Crippen LogP contribution in [-0.4, -0.2) is 28.1 Å². The van der Waals surface area contributed by atoms with Gasteiger partial charge in [-0.1, -0.05) is 91.9 Å². The number of benzene rings is 4. The maximum Gasteiger partial charge on any atom is 0.339 e. The number of carbonyl (C=O) groups is 1. The molecule has 4 heteroatoms. The number of fused-ring (bicyclic) bond motifs is 1. The molecule has 0 atom stereocenters. The third-order valence-corrected chi connectivity index (χ3v) is 8.16. The zero-order valence-corrected chi connectivity index (χ0v) is 27.1. The molecule has 0 aliphatic carbocycles. The Balaban J connectivity index is 1.41. The highest BCUT2D eigenvalue weighted by Crippen LogP contribution is 2.32. The van der Waals surface area contributed by atoms with Crippen molar-refractivity contribution < 1.29 is 9.53 Å². The lowest BCUT2D eigenvalue weighted by Gasteiger charge is -2.24. The topological polar surface area (TPSA) is 34.5 Å². The Morgan fingerprint density at radius 2 is 1.55 bits per heavy atom. The minimum absolute atomic E-state index is 0.301. The van der Waals surface area contributed by atoms with E-state index >= 15 is 0 Å². The molecule has 0 fully saturated rings. The molecule has 4 nitrogen and oxygen atoms in total. The average molecular weight is 585 g/mol. The van der Waals surface area contributed by atoms with E-state index in [-0.39, 0.29) is 5.97 Å². The molecule has 0 unspecified atom stereocenters. The van der Waals surface area contributed by atoms with Crippen LogP contribution in [0.1, 0.15) is 72.4 Å². The fourth-order valence-corrected chi connectivity index (χ4v) is 5.86. The van der Waals surface area contributed by atoms with Crippen molar-refractivity contribution >= 4 is 22.6 Å². The van der Waals surface area contributed by atoms with Crippen LogP contribution in [0.15, 0.2) is 103 Å². The summed E-state index contributed by atoms with van der Waals surface area (Å²) in [4.78, 5) is 15.3. The van der Waals surface area contributed by atoms with Gasteiger partial charge >= 0.3 is 5.97 Å². The monoisotopic (exact) mass is 584 g/mol. The van der Waals surface area contributed by atoms with Gasteiger partial charge in [-0.3, -0.25) is 0 Å². The highest BCUT2D eigenvalue weighted by molar-refractivity contribution is 5.97. The van der Waals surface area contributed by atoms with Crippen LogP contribution >= 0.6 is 0 Å². The lowest BCUT2D eigenvalue weighted by molar-refractivity contribution is 0.00704. The second-order valence-corrected chi connectivity index (χ2v) is 12.6. The predicted octanol–water partition coefficient (Wildman–Crippen LogP) is 9.81. The predicted molar refractivity (Wildman–Crippen MR) is 184 cm³/mol. The average Bonchev–Trinajstić information content (AvgIpc) is 3.24. The first-order valence-corrected chi connectivity index (χ1v) is 15.5. The lowest BCUT2D eigenvalue weighted by atomic mass is 9.98. The summed E-state index contributed by atoms with van der Waals surface area (Å²) in [5.41, 5.74) is 10.8. The van der Waals surface area contributed by atoms with Crippen molar-refractivity contribution in [3.63, 3.8) is 0 Å². The minimum Gasteiger partial charge on any atom is -0.456 e. The van der Waals surface area contributed by atoms with E-state index in [0.717, 1.165) is 30.6 Å². The summed E-state index contributed by atoms with van der Waals surface area (Å²) in [6.07, 6.45) is 3.30. The van der Waals surface area contributed by atoms with Gasteiger partial charge in [-0.05, 0) is 92.6 Å². The Morgan fingerprint density at radius 3 is 2.23 bits per heavy atom. The molecule has 0 saturated heterocycles. The van der Waals surface area contributed by atoms with Gasteiger partial charge in [-0.25, -0.2) is 4.79 Å². The van der Waals surface area contributed by atoms with Crippen LogP contribution in [0.5, 0.6) is 0 Å². The van der Waals surface area contributed by atoms with Crippen LogP contribution in [0, 0.1) is 13.8 Å². The van der Waals surface area contributed by atoms with Crippen molar-refractivity contribution in [1.82, 2.24) is 9.47 Å². The van der Waals surface area contributed by atoms with Crippen LogP contribution in [-0.2, 0) is 17.8 Å². The van der Waals surface area contributed by atoms with E-state index in [2.05, 4.69) is 116 Å². The Bertz CT molecular complexity index is 1790. The molecule has 1 heterocycles. The van der Waals surface area contributed by atoms with Crippen molar-refractivity contribution in [2.45, 2.75) is 66.7 Å². The molecule has 0 N–H and O–H groups in total. The summed E-state index contributed by atoms with van der Waals surface area (Å²) in [6.45, 7) is 13.9. The molecule has 0 saturated carbocycles. The van der Waals surface area contributed by atoms with Gasteiger partial charge in [-0.2, -0.15) is 0 Å². The third kappa shape index (κ3) is 6.81. The second kappa shape index (κ2) is 13.0.